The molecule has 0 unspecified atom stereocenters. The van der Waals surface area contributed by atoms with Crippen LogP contribution in [0.25, 0.3) is 0 Å². The first kappa shape index (κ1) is 27.4. The fraction of sp³-hybridized carbons (Fsp3) is 1.00. The largest absolute Gasteiger partial charge is 0.328 e. The molecule has 0 atom stereocenters. The van der Waals surface area contributed by atoms with Crippen molar-refractivity contribution in [3.8, 4) is 0 Å². The molecule has 0 aliphatic heterocycles. The van der Waals surface area contributed by atoms with Crippen LogP contribution in [0.3, 0.4) is 0 Å². The zero-order valence-electron chi connectivity index (χ0n) is 17.6. The predicted molar refractivity (Wildman–Crippen MR) is 111 cm³/mol. The van der Waals surface area contributed by atoms with Crippen LogP contribution in [-0.4, -0.2) is 23.4 Å². The number of hydrogen-bond acceptors (Lipinski definition) is 3. The molecule has 0 aliphatic rings. The van der Waals surface area contributed by atoms with Crippen LogP contribution in [0.5, 0.6) is 0 Å². The van der Waals surface area contributed by atoms with E-state index in [1.54, 1.807) is 0 Å². The first-order valence-electron chi connectivity index (χ1n) is 11.2. The number of nitrogens with zero attached hydrogens (tertiary/aromatic N) is 1. The smallest absolute Gasteiger partial charge is 0.291 e. The minimum Gasteiger partial charge on any atom is -0.328 e. The molecule has 158 valence electrons. The molecule has 0 amide bonds. The maximum atomic E-state index is 8.36. The molecule has 2 N–H and O–H groups in total. The van der Waals surface area contributed by atoms with Crippen molar-refractivity contribution in [2.24, 2.45) is 0 Å². The van der Waals surface area contributed by atoms with E-state index < -0.39 is 5.09 Å². The second-order valence-corrected chi connectivity index (χ2v) is 7.29. The highest BCUT2D eigenvalue weighted by Gasteiger charge is 1.94. The van der Waals surface area contributed by atoms with E-state index in [4.69, 9.17) is 15.3 Å². The summed E-state index contributed by atoms with van der Waals surface area (Å²) in [6, 6.07) is 0. The van der Waals surface area contributed by atoms with Crippen molar-refractivity contribution in [1.82, 2.24) is 5.32 Å². The number of nitrogens with one attached hydrogen (secondary N) is 1. The first-order valence-corrected chi connectivity index (χ1v) is 11.2. The van der Waals surface area contributed by atoms with Gasteiger partial charge in [0.05, 0.1) is 0 Å². The maximum Gasteiger partial charge on any atom is 0.291 e. The molecule has 0 aromatic heterocycles. The number of unbranched alkanes of at least 4 members (excludes halogenated alkanes) is 15. The summed E-state index contributed by atoms with van der Waals surface area (Å²) in [5, 5.41) is 17.3. The average Bonchev–Trinajstić information content (AvgIpc) is 2.60. The summed E-state index contributed by atoms with van der Waals surface area (Å²) in [6.07, 6.45) is 24.3. The van der Waals surface area contributed by atoms with Gasteiger partial charge in [0.15, 0.2) is 0 Å². The lowest BCUT2D eigenvalue weighted by atomic mass is 10.1. The lowest BCUT2D eigenvalue weighted by Crippen LogP contribution is -2.16. The van der Waals surface area contributed by atoms with Gasteiger partial charge in [-0.3, -0.25) is 0 Å². The lowest BCUT2D eigenvalue weighted by molar-refractivity contribution is -0.742. The van der Waals surface area contributed by atoms with Crippen LogP contribution in [-0.2, 0) is 0 Å². The van der Waals surface area contributed by atoms with E-state index in [9.17, 15) is 0 Å². The van der Waals surface area contributed by atoms with Gasteiger partial charge in [-0.25, -0.2) is 0 Å². The van der Waals surface area contributed by atoms with E-state index in [0.717, 1.165) is 0 Å². The Morgan fingerprint density at radius 3 is 1.12 bits per heavy atom. The zero-order valence-corrected chi connectivity index (χ0v) is 17.6. The molecular weight excluding hydrogens is 328 g/mol. The maximum absolute atomic E-state index is 8.36. The Morgan fingerprint density at radius 1 is 0.615 bits per heavy atom. The molecule has 0 bridgehead atoms. The van der Waals surface area contributed by atoms with E-state index in [1.165, 1.54) is 122 Å². The van der Waals surface area contributed by atoms with E-state index in [0.29, 0.717) is 0 Å². The summed E-state index contributed by atoms with van der Waals surface area (Å²) in [6.45, 7) is 7.07. The third kappa shape index (κ3) is 34.5. The summed E-state index contributed by atoms with van der Waals surface area (Å²) in [7, 11) is 0. The van der Waals surface area contributed by atoms with E-state index >= 15 is 0 Å². The quantitative estimate of drug-likeness (QED) is 0.146. The molecular formula is C21H46N2O3. The van der Waals surface area contributed by atoms with Gasteiger partial charge in [-0.1, -0.05) is 110 Å². The van der Waals surface area contributed by atoms with Crippen molar-refractivity contribution in [3.63, 3.8) is 0 Å². The van der Waals surface area contributed by atoms with Gasteiger partial charge in [0.1, 0.15) is 0 Å². The van der Waals surface area contributed by atoms with Crippen LogP contribution in [0, 0.1) is 10.1 Å². The fourth-order valence-electron chi connectivity index (χ4n) is 3.07. The highest BCUT2D eigenvalue weighted by molar-refractivity contribution is 4.52. The molecule has 5 nitrogen and oxygen atoms in total. The second-order valence-electron chi connectivity index (χ2n) is 7.29. The molecule has 26 heavy (non-hydrogen) atoms. The van der Waals surface area contributed by atoms with Gasteiger partial charge < -0.3 is 10.5 Å². The second kappa shape index (κ2) is 26.4. The summed E-state index contributed by atoms with van der Waals surface area (Å²) in [4.78, 5) is 8.36. The predicted octanol–water partition coefficient (Wildman–Crippen LogP) is 6.90. The monoisotopic (exact) mass is 374 g/mol. The van der Waals surface area contributed by atoms with Crippen molar-refractivity contribution in [2.75, 3.05) is 13.1 Å². The van der Waals surface area contributed by atoms with Crippen LogP contribution >= 0.6 is 0 Å². The van der Waals surface area contributed by atoms with Crippen molar-refractivity contribution in [2.45, 2.75) is 123 Å². The van der Waals surface area contributed by atoms with Crippen LogP contribution in [0.2, 0.25) is 0 Å². The van der Waals surface area contributed by atoms with Gasteiger partial charge in [0.2, 0.25) is 0 Å². The van der Waals surface area contributed by atoms with Gasteiger partial charge in [0.25, 0.3) is 5.09 Å². The van der Waals surface area contributed by atoms with Crippen molar-refractivity contribution in [3.05, 3.63) is 10.1 Å². The molecule has 0 radical (unpaired) electrons. The summed E-state index contributed by atoms with van der Waals surface area (Å²) in [5.74, 6) is 0. The average molecular weight is 375 g/mol. The molecule has 0 aromatic carbocycles. The van der Waals surface area contributed by atoms with Gasteiger partial charge in [-0.2, -0.15) is 0 Å². The normalized spacial score (nSPS) is 10.4. The molecule has 0 spiro atoms. The Bertz CT molecular complexity index is 240. The van der Waals surface area contributed by atoms with E-state index in [2.05, 4.69) is 19.2 Å². The Hall–Kier alpha value is -0.840. The Labute approximate surface area is 162 Å². The number of rotatable bonds is 19. The third-order valence-electron chi connectivity index (χ3n) is 4.66. The fourth-order valence-corrected chi connectivity index (χ4v) is 3.07. The topological polar surface area (TPSA) is 75.4 Å². The Balaban J connectivity index is 0. The highest BCUT2D eigenvalue weighted by atomic mass is 16.9. The molecule has 0 aromatic rings. The Morgan fingerprint density at radius 2 is 0.846 bits per heavy atom. The minimum absolute atomic E-state index is 1.24. The van der Waals surface area contributed by atoms with Gasteiger partial charge in [-0.15, -0.1) is 10.1 Å². The van der Waals surface area contributed by atoms with Crippen molar-refractivity contribution < 1.29 is 10.3 Å². The molecule has 0 heterocycles. The Kier molecular flexibility index (Phi) is 27.8. The molecule has 0 fully saturated rings. The van der Waals surface area contributed by atoms with Crippen molar-refractivity contribution >= 4 is 0 Å². The SMILES string of the molecule is CCCCCCCCCCCCNCCCCCCCCC.O=[N+]([O-])O. The van der Waals surface area contributed by atoms with Crippen LogP contribution in [0.4, 0.5) is 0 Å². The molecule has 0 rings (SSSR count). The summed E-state index contributed by atoms with van der Waals surface area (Å²) >= 11 is 0. The summed E-state index contributed by atoms with van der Waals surface area (Å²) < 4.78 is 0. The highest BCUT2D eigenvalue weighted by Crippen LogP contribution is 2.10. The van der Waals surface area contributed by atoms with Gasteiger partial charge >= 0.3 is 0 Å². The van der Waals surface area contributed by atoms with Gasteiger partial charge in [0, 0.05) is 0 Å². The molecule has 0 aliphatic carbocycles. The van der Waals surface area contributed by atoms with Crippen LogP contribution in [0.15, 0.2) is 0 Å². The first-order chi connectivity index (χ1) is 12.6. The molecule has 0 saturated carbocycles. The van der Waals surface area contributed by atoms with Crippen molar-refractivity contribution in [1.29, 1.82) is 0 Å². The lowest BCUT2D eigenvalue weighted by Gasteiger charge is -2.05. The van der Waals surface area contributed by atoms with Crippen LogP contribution in [0.1, 0.15) is 123 Å². The minimum atomic E-state index is -1.50. The zero-order chi connectivity index (χ0) is 19.7. The van der Waals surface area contributed by atoms with Crippen LogP contribution < -0.4 is 5.32 Å². The molecule has 5 heteroatoms. The third-order valence-corrected chi connectivity index (χ3v) is 4.66. The van der Waals surface area contributed by atoms with Gasteiger partial charge in [-0.05, 0) is 25.9 Å². The van der Waals surface area contributed by atoms with E-state index in [1.807, 2.05) is 0 Å². The standard InChI is InChI=1S/C21H45N.HNO3/c1-3-5-7-9-11-12-13-15-17-19-21-22-20-18-16-14-10-8-6-4-2;2-1(3)4/h22H,3-21H2,1-2H3;(H,2,3,4). The molecule has 0 saturated heterocycles. The number of hydrogen-bond donors (Lipinski definition) is 2. The van der Waals surface area contributed by atoms with E-state index in [-0.39, 0.29) is 0 Å². The summed E-state index contributed by atoms with van der Waals surface area (Å²) in [5.41, 5.74) is 0.